The second kappa shape index (κ2) is 7.32. The van der Waals surface area contributed by atoms with Crippen LogP contribution in [0.4, 0.5) is 0 Å². The van der Waals surface area contributed by atoms with E-state index in [1.807, 2.05) is 34.8 Å². The van der Waals surface area contributed by atoms with Gasteiger partial charge >= 0.3 is 0 Å². The number of aromatic nitrogens is 4. The molecule has 0 bridgehead atoms. The maximum atomic E-state index is 12.4. The number of nitrogens with zero attached hydrogens (tertiary/aromatic N) is 5. The maximum Gasteiger partial charge on any atom is 0.222 e. The van der Waals surface area contributed by atoms with E-state index >= 15 is 0 Å². The zero-order valence-electron chi connectivity index (χ0n) is 13.3. The molecule has 1 amide bonds. The molecule has 0 radical (unpaired) electrons. The van der Waals surface area contributed by atoms with E-state index < -0.39 is 0 Å². The Kier molecular flexibility index (Phi) is 4.97. The van der Waals surface area contributed by atoms with Crippen molar-refractivity contribution in [2.24, 2.45) is 0 Å². The number of amides is 1. The fourth-order valence-corrected chi connectivity index (χ4v) is 2.69. The predicted octanol–water partition coefficient (Wildman–Crippen LogP) is 1.36. The average Bonchev–Trinajstić information content (AvgIpc) is 3.08. The van der Waals surface area contributed by atoms with Crippen LogP contribution in [-0.4, -0.2) is 50.3 Å². The van der Waals surface area contributed by atoms with Crippen LogP contribution in [0.3, 0.4) is 0 Å². The zero-order valence-corrected chi connectivity index (χ0v) is 13.3. The standard InChI is InChI=1S/C16H21N5O2/c1-13-17-7-5-14(19-13)15-12-20(10-11-23-15)16(22)4-2-8-21-9-3-6-18-21/h3,5-7,9,15H,2,4,8,10-12H2,1H3. The van der Waals surface area contributed by atoms with Crippen LogP contribution in [0, 0.1) is 6.92 Å². The van der Waals surface area contributed by atoms with E-state index in [0.29, 0.717) is 31.9 Å². The molecule has 2 aromatic heterocycles. The molecule has 0 spiro atoms. The Hall–Kier alpha value is -2.28. The molecule has 0 N–H and O–H groups in total. The summed E-state index contributed by atoms with van der Waals surface area (Å²) in [5.41, 5.74) is 0.839. The van der Waals surface area contributed by atoms with Gasteiger partial charge in [0.25, 0.3) is 0 Å². The molecular weight excluding hydrogens is 294 g/mol. The lowest BCUT2D eigenvalue weighted by atomic mass is 10.1. The van der Waals surface area contributed by atoms with Crippen LogP contribution in [0.15, 0.2) is 30.7 Å². The number of hydrogen-bond donors (Lipinski definition) is 0. The predicted molar refractivity (Wildman–Crippen MR) is 83.5 cm³/mol. The highest BCUT2D eigenvalue weighted by atomic mass is 16.5. The lowest BCUT2D eigenvalue weighted by molar-refractivity contribution is -0.139. The van der Waals surface area contributed by atoms with Crippen LogP contribution in [0.5, 0.6) is 0 Å². The summed E-state index contributed by atoms with van der Waals surface area (Å²) in [6.45, 7) is 4.35. The van der Waals surface area contributed by atoms with Crippen molar-refractivity contribution in [1.29, 1.82) is 0 Å². The van der Waals surface area contributed by atoms with E-state index in [2.05, 4.69) is 15.1 Å². The van der Waals surface area contributed by atoms with Crippen LogP contribution in [-0.2, 0) is 16.1 Å². The number of rotatable bonds is 5. The minimum Gasteiger partial charge on any atom is -0.368 e. The molecule has 3 rings (SSSR count). The lowest BCUT2D eigenvalue weighted by Gasteiger charge is -2.32. The van der Waals surface area contributed by atoms with Gasteiger partial charge in [-0.1, -0.05) is 0 Å². The number of carbonyl (C=O) groups is 1. The molecule has 1 aliphatic rings. The summed E-state index contributed by atoms with van der Waals surface area (Å²) in [5, 5.41) is 4.14. The molecule has 122 valence electrons. The third-order valence-electron chi connectivity index (χ3n) is 3.88. The maximum absolute atomic E-state index is 12.4. The monoisotopic (exact) mass is 315 g/mol. The molecule has 1 atom stereocenters. The number of carbonyl (C=O) groups excluding carboxylic acids is 1. The molecule has 1 unspecified atom stereocenters. The Morgan fingerprint density at radius 3 is 3.13 bits per heavy atom. The van der Waals surface area contributed by atoms with Crippen LogP contribution in [0.1, 0.15) is 30.5 Å². The van der Waals surface area contributed by atoms with Crippen molar-refractivity contribution in [3.8, 4) is 0 Å². The largest absolute Gasteiger partial charge is 0.368 e. The van der Waals surface area contributed by atoms with Gasteiger partial charge in [0, 0.05) is 38.1 Å². The number of hydrogen-bond acceptors (Lipinski definition) is 5. The fraction of sp³-hybridized carbons (Fsp3) is 0.500. The Bertz CT molecular complexity index is 644. The summed E-state index contributed by atoms with van der Waals surface area (Å²) in [5.74, 6) is 0.880. The molecule has 1 saturated heterocycles. The average molecular weight is 315 g/mol. The van der Waals surface area contributed by atoms with E-state index in [1.165, 1.54) is 0 Å². The SMILES string of the molecule is Cc1nccc(C2CN(C(=O)CCCn3cccn3)CCO2)n1. The summed E-state index contributed by atoms with van der Waals surface area (Å²) >= 11 is 0. The molecular formula is C16H21N5O2. The van der Waals surface area contributed by atoms with Gasteiger partial charge in [-0.25, -0.2) is 9.97 Å². The Morgan fingerprint density at radius 1 is 1.43 bits per heavy atom. The van der Waals surface area contributed by atoms with Gasteiger partial charge < -0.3 is 9.64 Å². The summed E-state index contributed by atoms with van der Waals surface area (Å²) in [6.07, 6.45) is 6.53. The second-order valence-electron chi connectivity index (χ2n) is 5.60. The van der Waals surface area contributed by atoms with Gasteiger partial charge in [0.15, 0.2) is 0 Å². The van der Waals surface area contributed by atoms with Crippen LogP contribution < -0.4 is 0 Å². The minimum absolute atomic E-state index is 0.163. The molecule has 2 aromatic rings. The van der Waals surface area contributed by atoms with E-state index in [1.54, 1.807) is 12.4 Å². The summed E-state index contributed by atoms with van der Waals surface area (Å²) < 4.78 is 7.61. The van der Waals surface area contributed by atoms with Gasteiger partial charge in [0.05, 0.1) is 18.8 Å². The van der Waals surface area contributed by atoms with Crippen LogP contribution in [0.2, 0.25) is 0 Å². The first kappa shape index (κ1) is 15.6. The number of morpholine rings is 1. The lowest BCUT2D eigenvalue weighted by Crippen LogP contribution is -2.42. The molecule has 7 heteroatoms. The molecule has 1 aliphatic heterocycles. The highest BCUT2D eigenvalue weighted by Gasteiger charge is 2.26. The van der Waals surface area contributed by atoms with Crippen molar-refractivity contribution in [3.63, 3.8) is 0 Å². The number of ether oxygens (including phenoxy) is 1. The fourth-order valence-electron chi connectivity index (χ4n) is 2.69. The van der Waals surface area contributed by atoms with Gasteiger partial charge in [-0.2, -0.15) is 5.10 Å². The zero-order chi connectivity index (χ0) is 16.1. The first-order valence-corrected chi connectivity index (χ1v) is 7.89. The summed E-state index contributed by atoms with van der Waals surface area (Å²) in [7, 11) is 0. The van der Waals surface area contributed by atoms with Crippen LogP contribution >= 0.6 is 0 Å². The third-order valence-corrected chi connectivity index (χ3v) is 3.88. The third kappa shape index (κ3) is 4.13. The van der Waals surface area contributed by atoms with Gasteiger partial charge in [0.2, 0.25) is 5.91 Å². The summed E-state index contributed by atoms with van der Waals surface area (Å²) in [6, 6.07) is 3.74. The Balaban J connectivity index is 1.52. The van der Waals surface area contributed by atoms with E-state index in [9.17, 15) is 4.79 Å². The smallest absolute Gasteiger partial charge is 0.222 e. The molecule has 23 heavy (non-hydrogen) atoms. The van der Waals surface area contributed by atoms with Gasteiger partial charge in [0.1, 0.15) is 11.9 Å². The second-order valence-corrected chi connectivity index (χ2v) is 5.60. The Morgan fingerprint density at radius 2 is 2.35 bits per heavy atom. The van der Waals surface area contributed by atoms with Crippen LogP contribution in [0.25, 0.3) is 0 Å². The van der Waals surface area contributed by atoms with E-state index in [4.69, 9.17) is 4.74 Å². The molecule has 1 fully saturated rings. The van der Waals surface area contributed by atoms with Gasteiger partial charge in [-0.05, 0) is 25.5 Å². The van der Waals surface area contributed by atoms with Crippen molar-refractivity contribution >= 4 is 5.91 Å². The minimum atomic E-state index is -0.166. The molecule has 3 heterocycles. The molecule has 0 aromatic carbocycles. The molecule has 0 saturated carbocycles. The number of aryl methyl sites for hydroxylation is 2. The van der Waals surface area contributed by atoms with Crippen molar-refractivity contribution in [3.05, 3.63) is 42.2 Å². The summed E-state index contributed by atoms with van der Waals surface area (Å²) in [4.78, 5) is 22.7. The van der Waals surface area contributed by atoms with Crippen molar-refractivity contribution in [2.45, 2.75) is 32.4 Å². The van der Waals surface area contributed by atoms with E-state index in [0.717, 1.165) is 18.7 Å². The van der Waals surface area contributed by atoms with Crippen molar-refractivity contribution in [1.82, 2.24) is 24.6 Å². The van der Waals surface area contributed by atoms with E-state index in [-0.39, 0.29) is 12.0 Å². The first-order valence-electron chi connectivity index (χ1n) is 7.89. The first-order chi connectivity index (χ1) is 11.2. The molecule has 7 nitrogen and oxygen atoms in total. The van der Waals surface area contributed by atoms with Gasteiger partial charge in [-0.15, -0.1) is 0 Å². The molecule has 0 aliphatic carbocycles. The Labute approximate surface area is 135 Å². The van der Waals surface area contributed by atoms with Gasteiger partial charge in [-0.3, -0.25) is 9.48 Å². The van der Waals surface area contributed by atoms with Crippen molar-refractivity contribution < 1.29 is 9.53 Å². The highest BCUT2D eigenvalue weighted by Crippen LogP contribution is 2.21. The quantitative estimate of drug-likeness (QED) is 0.833. The highest BCUT2D eigenvalue weighted by molar-refractivity contribution is 5.76. The van der Waals surface area contributed by atoms with Crippen molar-refractivity contribution in [2.75, 3.05) is 19.7 Å². The topological polar surface area (TPSA) is 73.1 Å². The normalized spacial score (nSPS) is 18.1.